The van der Waals surface area contributed by atoms with Crippen molar-refractivity contribution in [1.82, 2.24) is 4.90 Å². The largest absolute Gasteiger partial charge is 0.511 e. The third-order valence-corrected chi connectivity index (χ3v) is 3.09. The molecule has 1 aromatic rings. The van der Waals surface area contributed by atoms with Gasteiger partial charge in [0.15, 0.2) is 0 Å². The minimum absolute atomic E-state index is 0.0791. The Labute approximate surface area is 128 Å². The Balaban J connectivity index is 2.70. The Morgan fingerprint density at radius 3 is 2.38 bits per heavy atom. The molecule has 1 aromatic carbocycles. The Morgan fingerprint density at radius 1 is 1.24 bits per heavy atom. The number of aliphatic hydroxyl groups excluding tert-OH is 1. The summed E-state index contributed by atoms with van der Waals surface area (Å²) in [6.45, 7) is 15.1. The number of hydrogen-bond acceptors (Lipinski definition) is 3. The molecular formula is C18H26N2O. The molecule has 0 aliphatic carbocycles. The van der Waals surface area contributed by atoms with Gasteiger partial charge in [0.25, 0.3) is 0 Å². The van der Waals surface area contributed by atoms with Crippen LogP contribution in [0.3, 0.4) is 0 Å². The van der Waals surface area contributed by atoms with Gasteiger partial charge < -0.3 is 10.4 Å². The molecule has 0 aliphatic rings. The van der Waals surface area contributed by atoms with Crippen molar-refractivity contribution in [2.75, 3.05) is 18.4 Å². The summed E-state index contributed by atoms with van der Waals surface area (Å²) in [6.07, 6.45) is 3.21. The molecule has 0 atom stereocenters. The Kier molecular flexibility index (Phi) is 6.25. The first-order valence-corrected chi connectivity index (χ1v) is 7.08. The number of nitrogens with one attached hydrogen (secondary N) is 1. The predicted octanol–water partition coefficient (Wildman–Crippen LogP) is 4.34. The summed E-state index contributed by atoms with van der Waals surface area (Å²) >= 11 is 0. The summed E-state index contributed by atoms with van der Waals surface area (Å²) in [6, 6.07) is 9.95. The second-order valence-electron chi connectivity index (χ2n) is 6.02. The number of anilines is 1. The normalized spacial score (nSPS) is 12.3. The van der Waals surface area contributed by atoms with E-state index in [1.807, 2.05) is 30.3 Å². The van der Waals surface area contributed by atoms with Crippen LogP contribution >= 0.6 is 0 Å². The Hall–Kier alpha value is -2.00. The lowest BCUT2D eigenvalue weighted by molar-refractivity contribution is 0.145. The van der Waals surface area contributed by atoms with Crippen LogP contribution in [-0.4, -0.2) is 28.6 Å². The summed E-state index contributed by atoms with van der Waals surface area (Å²) in [7, 11) is 0. The topological polar surface area (TPSA) is 35.5 Å². The van der Waals surface area contributed by atoms with Crippen LogP contribution in [-0.2, 0) is 0 Å². The van der Waals surface area contributed by atoms with E-state index in [1.165, 1.54) is 0 Å². The van der Waals surface area contributed by atoms with Gasteiger partial charge in [0.05, 0.1) is 6.54 Å². The lowest BCUT2D eigenvalue weighted by atomic mass is 10.1. The molecule has 1 rings (SSSR count). The van der Waals surface area contributed by atoms with Gasteiger partial charge >= 0.3 is 0 Å². The monoisotopic (exact) mass is 286 g/mol. The van der Waals surface area contributed by atoms with Crippen molar-refractivity contribution < 1.29 is 5.11 Å². The molecule has 0 saturated heterocycles. The van der Waals surface area contributed by atoms with E-state index in [-0.39, 0.29) is 5.54 Å². The quantitative estimate of drug-likeness (QED) is 0.578. The van der Waals surface area contributed by atoms with Crippen molar-refractivity contribution in [3.05, 3.63) is 67.1 Å². The second kappa shape index (κ2) is 7.70. The third kappa shape index (κ3) is 6.32. The van der Waals surface area contributed by atoms with Crippen molar-refractivity contribution in [3.8, 4) is 0 Å². The zero-order valence-electron chi connectivity index (χ0n) is 13.3. The van der Waals surface area contributed by atoms with Crippen LogP contribution in [0, 0.1) is 0 Å². The van der Waals surface area contributed by atoms with Crippen molar-refractivity contribution in [2.45, 2.75) is 26.3 Å². The summed E-state index contributed by atoms with van der Waals surface area (Å²) in [5, 5.41) is 13.2. The molecule has 0 radical (unpaired) electrons. The van der Waals surface area contributed by atoms with Crippen LogP contribution in [0.1, 0.15) is 20.8 Å². The molecule has 0 aliphatic heterocycles. The van der Waals surface area contributed by atoms with Crippen LogP contribution in [0.2, 0.25) is 0 Å². The molecule has 21 heavy (non-hydrogen) atoms. The number of rotatable bonds is 7. The zero-order valence-corrected chi connectivity index (χ0v) is 13.3. The van der Waals surface area contributed by atoms with Crippen LogP contribution in [0.25, 0.3) is 0 Å². The molecule has 0 unspecified atom stereocenters. The smallest absolute Gasteiger partial charge is 0.106 e. The molecular weight excluding hydrogens is 260 g/mol. The first-order valence-electron chi connectivity index (χ1n) is 7.08. The lowest BCUT2D eigenvalue weighted by Crippen LogP contribution is -2.44. The van der Waals surface area contributed by atoms with Crippen molar-refractivity contribution in [3.63, 3.8) is 0 Å². The van der Waals surface area contributed by atoms with E-state index in [0.717, 1.165) is 11.4 Å². The highest BCUT2D eigenvalue weighted by Crippen LogP contribution is 2.17. The number of allylic oxidation sites excluding steroid dienone is 2. The van der Waals surface area contributed by atoms with E-state index in [2.05, 4.69) is 44.1 Å². The van der Waals surface area contributed by atoms with E-state index in [4.69, 9.17) is 0 Å². The molecule has 0 spiro atoms. The van der Waals surface area contributed by atoms with E-state index in [1.54, 1.807) is 12.2 Å². The summed E-state index contributed by atoms with van der Waals surface area (Å²) in [5.74, 6) is 0.299. The van der Waals surface area contributed by atoms with Gasteiger partial charge in [0.1, 0.15) is 5.76 Å². The third-order valence-electron chi connectivity index (χ3n) is 3.09. The fraction of sp³-hybridized carbons (Fsp3) is 0.333. The molecule has 0 saturated carbocycles. The molecule has 0 aromatic heterocycles. The van der Waals surface area contributed by atoms with Gasteiger partial charge in [-0.1, -0.05) is 37.4 Å². The first-order chi connectivity index (χ1) is 9.82. The minimum atomic E-state index is -0.0791. The maximum atomic E-state index is 9.88. The molecule has 0 fully saturated rings. The van der Waals surface area contributed by atoms with E-state index >= 15 is 0 Å². The summed E-state index contributed by atoms with van der Waals surface area (Å²) < 4.78 is 0. The first kappa shape index (κ1) is 17.1. The maximum Gasteiger partial charge on any atom is 0.106 e. The highest BCUT2D eigenvalue weighted by atomic mass is 16.3. The van der Waals surface area contributed by atoms with E-state index in [0.29, 0.717) is 18.8 Å². The second-order valence-corrected chi connectivity index (χ2v) is 6.02. The number of hydrogen-bond donors (Lipinski definition) is 2. The van der Waals surface area contributed by atoms with Crippen LogP contribution < -0.4 is 5.32 Å². The fourth-order valence-electron chi connectivity index (χ4n) is 1.91. The minimum Gasteiger partial charge on any atom is -0.511 e. The predicted molar refractivity (Wildman–Crippen MR) is 91.4 cm³/mol. The molecule has 3 nitrogen and oxygen atoms in total. The Bertz CT molecular complexity index is 498. The maximum absolute atomic E-state index is 9.88. The van der Waals surface area contributed by atoms with Crippen LogP contribution in [0.15, 0.2) is 67.1 Å². The van der Waals surface area contributed by atoms with Gasteiger partial charge in [0, 0.05) is 23.5 Å². The fourth-order valence-corrected chi connectivity index (χ4v) is 1.91. The molecule has 3 heteroatoms. The number of benzene rings is 1. The van der Waals surface area contributed by atoms with E-state index in [9.17, 15) is 5.11 Å². The summed E-state index contributed by atoms with van der Waals surface area (Å²) in [4.78, 5) is 2.15. The number of nitrogens with zero attached hydrogens (tertiary/aromatic N) is 1. The van der Waals surface area contributed by atoms with Crippen LogP contribution in [0.5, 0.6) is 0 Å². The highest BCUT2D eigenvalue weighted by molar-refractivity contribution is 5.47. The van der Waals surface area contributed by atoms with Gasteiger partial charge in [-0.3, -0.25) is 4.90 Å². The van der Waals surface area contributed by atoms with Crippen LogP contribution in [0.4, 0.5) is 5.69 Å². The SMILES string of the molecule is C=C/C=C(\O)CN(CC(=C)Nc1ccccc1)C(C)(C)C. The van der Waals surface area contributed by atoms with Crippen molar-refractivity contribution >= 4 is 5.69 Å². The van der Waals surface area contributed by atoms with Crippen molar-refractivity contribution in [1.29, 1.82) is 0 Å². The van der Waals surface area contributed by atoms with E-state index < -0.39 is 0 Å². The van der Waals surface area contributed by atoms with Gasteiger partial charge in [0.2, 0.25) is 0 Å². The molecule has 0 heterocycles. The van der Waals surface area contributed by atoms with Gasteiger partial charge in [-0.05, 0) is 39.0 Å². The molecule has 0 bridgehead atoms. The molecule has 0 amide bonds. The molecule has 114 valence electrons. The Morgan fingerprint density at radius 2 is 1.86 bits per heavy atom. The summed E-state index contributed by atoms with van der Waals surface area (Å²) in [5.41, 5.74) is 1.83. The van der Waals surface area contributed by atoms with Crippen molar-refractivity contribution in [2.24, 2.45) is 0 Å². The van der Waals surface area contributed by atoms with Gasteiger partial charge in [-0.2, -0.15) is 0 Å². The standard InChI is InChI=1S/C18H26N2O/c1-6-10-17(21)14-20(18(3,4)5)13-15(2)19-16-11-8-7-9-12-16/h6-12,19,21H,1-2,13-14H2,3-5H3/b17-10-. The highest BCUT2D eigenvalue weighted by Gasteiger charge is 2.22. The number of aliphatic hydroxyl groups is 1. The lowest BCUT2D eigenvalue weighted by Gasteiger charge is -2.36. The average molecular weight is 286 g/mol. The van der Waals surface area contributed by atoms with Gasteiger partial charge in [-0.25, -0.2) is 0 Å². The average Bonchev–Trinajstić information content (AvgIpc) is 2.38. The zero-order chi connectivity index (χ0) is 15.9. The van der Waals surface area contributed by atoms with Gasteiger partial charge in [-0.15, -0.1) is 0 Å². The molecule has 2 N–H and O–H groups in total. The number of para-hydroxylation sites is 1.